The number of hydrogen-bond acceptors (Lipinski definition) is 7. The number of aromatic hydroxyl groups is 1. The maximum Gasteiger partial charge on any atom is 0.330 e. The normalized spacial score (nSPS) is 39.6. The molecule has 0 radical (unpaired) electrons. The van der Waals surface area contributed by atoms with E-state index in [4.69, 9.17) is 9.47 Å². The summed E-state index contributed by atoms with van der Waals surface area (Å²) < 4.78 is 17.8. The number of ether oxygens (including phenoxy) is 3. The van der Waals surface area contributed by atoms with Gasteiger partial charge in [0.15, 0.2) is 11.5 Å². The standard InChI is InChI=1S/C28H34N2O6/c1-34-22(33)8-7-21(32)29-19-14-26-9-10-28(19,35-2)25-27(26)11-12-30(15-16-3-4-16)20(26)13-17-5-6-18(31)24(36-25)23(17)27/h5-8,16,19-20,25,31H,3-4,9-15H2,1-2H3,(H,29,32). The number of hydrogen-bond donors (Lipinski definition) is 2. The van der Waals surface area contributed by atoms with Crippen molar-refractivity contribution in [2.45, 2.75) is 74.1 Å². The highest BCUT2D eigenvalue weighted by Gasteiger charge is 2.80. The molecule has 192 valence electrons. The summed E-state index contributed by atoms with van der Waals surface area (Å²) in [5.41, 5.74) is 1.45. The first-order valence-electron chi connectivity index (χ1n) is 13.3. The van der Waals surface area contributed by atoms with Crippen LogP contribution in [-0.2, 0) is 30.9 Å². The van der Waals surface area contributed by atoms with Crippen LogP contribution in [0.25, 0.3) is 0 Å². The molecule has 1 amide bonds. The SMILES string of the molecule is COC(=O)C=CC(=O)NC1CC23CCC1(OC)C1Oc4c(O)ccc5c4C12CCN(CC1CC1)C3C5. The Bertz CT molecular complexity index is 1180. The largest absolute Gasteiger partial charge is 0.504 e. The van der Waals surface area contributed by atoms with Gasteiger partial charge in [0.05, 0.1) is 13.2 Å². The molecular weight excluding hydrogens is 460 g/mol. The predicted molar refractivity (Wildman–Crippen MR) is 130 cm³/mol. The fraction of sp³-hybridized carbons (Fsp3) is 0.643. The number of phenolic OH excluding ortho intramolecular Hbond substituents is 1. The molecule has 36 heavy (non-hydrogen) atoms. The summed E-state index contributed by atoms with van der Waals surface area (Å²) in [6, 6.07) is 3.96. The monoisotopic (exact) mass is 494 g/mol. The van der Waals surface area contributed by atoms with Gasteiger partial charge in [-0.1, -0.05) is 6.07 Å². The minimum Gasteiger partial charge on any atom is -0.504 e. The van der Waals surface area contributed by atoms with E-state index in [-0.39, 0.29) is 34.6 Å². The van der Waals surface area contributed by atoms with Crippen molar-refractivity contribution < 1.29 is 28.9 Å². The van der Waals surface area contributed by atoms with Crippen LogP contribution < -0.4 is 10.1 Å². The Labute approximate surface area is 211 Å². The number of nitrogens with one attached hydrogen (secondary N) is 1. The van der Waals surface area contributed by atoms with Gasteiger partial charge in [-0.05, 0) is 69.0 Å². The van der Waals surface area contributed by atoms with Crippen molar-refractivity contribution in [2.75, 3.05) is 27.3 Å². The maximum absolute atomic E-state index is 12.9. The van der Waals surface area contributed by atoms with Gasteiger partial charge in [0.25, 0.3) is 0 Å². The van der Waals surface area contributed by atoms with Crippen LogP contribution in [0.15, 0.2) is 24.3 Å². The van der Waals surface area contributed by atoms with Crippen molar-refractivity contribution >= 4 is 11.9 Å². The van der Waals surface area contributed by atoms with Gasteiger partial charge in [-0.2, -0.15) is 0 Å². The number of piperidine rings is 1. The maximum atomic E-state index is 12.9. The summed E-state index contributed by atoms with van der Waals surface area (Å²) in [5.74, 6) is 0.710. The average Bonchev–Trinajstić information content (AvgIpc) is 3.62. The number of carbonyl (C=O) groups excluding carboxylic acids is 2. The zero-order valence-electron chi connectivity index (χ0n) is 20.9. The molecule has 1 aromatic rings. The second-order valence-corrected chi connectivity index (χ2v) is 11.8. The molecule has 5 fully saturated rings. The molecule has 8 rings (SSSR count). The van der Waals surface area contributed by atoms with Gasteiger partial charge >= 0.3 is 5.97 Å². The van der Waals surface area contributed by atoms with Crippen molar-refractivity contribution in [3.63, 3.8) is 0 Å². The lowest BCUT2D eigenvalue weighted by Crippen LogP contribution is -2.83. The molecule has 2 heterocycles. The van der Waals surface area contributed by atoms with Gasteiger partial charge in [-0.3, -0.25) is 9.69 Å². The molecule has 5 aliphatic carbocycles. The zero-order valence-corrected chi connectivity index (χ0v) is 20.9. The van der Waals surface area contributed by atoms with Gasteiger partial charge < -0.3 is 24.6 Å². The Morgan fingerprint density at radius 1 is 1.22 bits per heavy atom. The fourth-order valence-electron chi connectivity index (χ4n) is 8.99. The minimum absolute atomic E-state index is 0.0822. The van der Waals surface area contributed by atoms with Crippen molar-refractivity contribution in [1.29, 1.82) is 0 Å². The van der Waals surface area contributed by atoms with Gasteiger partial charge in [-0.25, -0.2) is 4.79 Å². The van der Waals surface area contributed by atoms with Crippen molar-refractivity contribution in [3.8, 4) is 11.5 Å². The van der Waals surface area contributed by atoms with E-state index in [1.807, 2.05) is 0 Å². The number of esters is 1. The molecule has 7 aliphatic rings. The van der Waals surface area contributed by atoms with E-state index in [0.29, 0.717) is 11.8 Å². The number of phenols is 1. The predicted octanol–water partition coefficient (Wildman–Crippen LogP) is 2.21. The van der Waals surface area contributed by atoms with E-state index in [9.17, 15) is 14.7 Å². The highest BCUT2D eigenvalue weighted by Crippen LogP contribution is 2.75. The van der Waals surface area contributed by atoms with E-state index in [1.54, 1.807) is 13.2 Å². The molecule has 8 nitrogen and oxygen atoms in total. The molecule has 2 spiro atoms. The van der Waals surface area contributed by atoms with Crippen LogP contribution in [0.2, 0.25) is 0 Å². The number of likely N-dealkylation sites (tertiary alicyclic amines) is 1. The highest BCUT2D eigenvalue weighted by molar-refractivity contribution is 5.94. The first-order chi connectivity index (χ1) is 17.4. The van der Waals surface area contributed by atoms with E-state index in [1.165, 1.54) is 37.2 Å². The van der Waals surface area contributed by atoms with Crippen LogP contribution in [0.4, 0.5) is 0 Å². The molecule has 6 atom stereocenters. The number of fused-ring (bicyclic) bond motifs is 2. The molecule has 1 aromatic carbocycles. The Morgan fingerprint density at radius 2 is 2.06 bits per heavy atom. The summed E-state index contributed by atoms with van der Waals surface area (Å²) in [5, 5.41) is 14.1. The Kier molecular flexibility index (Phi) is 4.70. The Morgan fingerprint density at radius 3 is 2.81 bits per heavy atom. The summed E-state index contributed by atoms with van der Waals surface area (Å²) in [7, 11) is 3.01. The number of rotatable bonds is 6. The first kappa shape index (κ1) is 22.6. The van der Waals surface area contributed by atoms with Crippen LogP contribution in [-0.4, -0.2) is 73.0 Å². The molecule has 2 aliphatic heterocycles. The van der Waals surface area contributed by atoms with Crippen LogP contribution in [0.5, 0.6) is 11.5 Å². The van der Waals surface area contributed by atoms with Gasteiger partial charge in [0.1, 0.15) is 11.7 Å². The minimum atomic E-state index is -0.722. The summed E-state index contributed by atoms with van der Waals surface area (Å²) in [6.07, 6.45) is 9.21. The topological polar surface area (TPSA) is 97.3 Å². The number of nitrogens with zero attached hydrogens (tertiary/aromatic N) is 1. The molecule has 8 heteroatoms. The third-order valence-corrected chi connectivity index (χ3v) is 10.5. The van der Waals surface area contributed by atoms with Crippen LogP contribution in [0.1, 0.15) is 49.7 Å². The summed E-state index contributed by atoms with van der Waals surface area (Å²) >= 11 is 0. The summed E-state index contributed by atoms with van der Waals surface area (Å²) in [4.78, 5) is 27.2. The molecule has 2 N–H and O–H groups in total. The lowest BCUT2D eigenvalue weighted by atomic mass is 9.35. The van der Waals surface area contributed by atoms with Crippen molar-refractivity contribution in [3.05, 3.63) is 35.4 Å². The quantitative estimate of drug-likeness (QED) is 0.462. The lowest BCUT2D eigenvalue weighted by molar-refractivity contribution is -0.263. The second kappa shape index (κ2) is 7.48. The van der Waals surface area contributed by atoms with Crippen molar-refractivity contribution in [1.82, 2.24) is 10.2 Å². The third-order valence-electron chi connectivity index (χ3n) is 10.5. The van der Waals surface area contributed by atoms with E-state index < -0.39 is 11.6 Å². The van der Waals surface area contributed by atoms with E-state index in [2.05, 4.69) is 21.0 Å². The van der Waals surface area contributed by atoms with Gasteiger partial charge in [0, 0.05) is 48.2 Å². The summed E-state index contributed by atoms with van der Waals surface area (Å²) in [6.45, 7) is 2.17. The number of methoxy groups -OCH3 is 2. The van der Waals surface area contributed by atoms with Crippen LogP contribution >= 0.6 is 0 Å². The first-order valence-corrected chi connectivity index (χ1v) is 13.3. The van der Waals surface area contributed by atoms with Gasteiger partial charge in [0.2, 0.25) is 5.91 Å². The van der Waals surface area contributed by atoms with Crippen molar-refractivity contribution in [2.24, 2.45) is 11.3 Å². The van der Waals surface area contributed by atoms with E-state index in [0.717, 1.165) is 57.2 Å². The smallest absolute Gasteiger partial charge is 0.330 e. The Hall–Kier alpha value is -2.58. The molecular formula is C28H34N2O6. The second-order valence-electron chi connectivity index (χ2n) is 11.8. The molecule has 0 aromatic heterocycles. The van der Waals surface area contributed by atoms with Crippen LogP contribution in [0, 0.1) is 11.3 Å². The molecule has 4 bridgehead atoms. The molecule has 4 saturated carbocycles. The molecule has 1 saturated heterocycles. The molecule has 6 unspecified atom stereocenters. The fourth-order valence-corrected chi connectivity index (χ4v) is 8.99. The third kappa shape index (κ3) is 2.67. The van der Waals surface area contributed by atoms with Gasteiger partial charge in [-0.15, -0.1) is 0 Å². The Balaban J connectivity index is 1.34. The van der Waals surface area contributed by atoms with E-state index >= 15 is 0 Å². The average molecular weight is 495 g/mol. The van der Waals surface area contributed by atoms with Crippen LogP contribution in [0.3, 0.4) is 0 Å². The lowest BCUT2D eigenvalue weighted by Gasteiger charge is -2.73. The number of carbonyl (C=O) groups is 2. The number of benzene rings is 1. The zero-order chi connectivity index (χ0) is 24.9. The number of amides is 1. The highest BCUT2D eigenvalue weighted by atomic mass is 16.6.